The summed E-state index contributed by atoms with van der Waals surface area (Å²) in [5.74, 6) is 1.11. The molecule has 0 bridgehead atoms. The molecule has 1 fully saturated rings. The molecule has 2 atom stereocenters. The maximum absolute atomic E-state index is 10.3. The Kier molecular flexibility index (Phi) is 4.31. The Balaban J connectivity index is 1.66. The van der Waals surface area contributed by atoms with E-state index in [1.165, 1.54) is 0 Å². The number of aliphatic hydroxyl groups is 1. The number of hydrogen-bond donors (Lipinski definition) is 2. The van der Waals surface area contributed by atoms with Gasteiger partial charge in [-0.05, 0) is 18.4 Å². The molecule has 0 saturated carbocycles. The van der Waals surface area contributed by atoms with E-state index in [9.17, 15) is 5.11 Å². The molecule has 4 rings (SSSR count). The highest BCUT2D eigenvalue weighted by atomic mass is 35.5. The van der Waals surface area contributed by atoms with Crippen LogP contribution in [0.4, 0.5) is 5.82 Å². The highest BCUT2D eigenvalue weighted by Crippen LogP contribution is 2.31. The zero-order valence-corrected chi connectivity index (χ0v) is 14.7. The average molecular weight is 358 g/mol. The maximum atomic E-state index is 10.3. The van der Waals surface area contributed by atoms with Gasteiger partial charge in [0, 0.05) is 18.7 Å². The summed E-state index contributed by atoms with van der Waals surface area (Å²) in [4.78, 5) is 11.3. The molecule has 6 nitrogen and oxygen atoms in total. The number of anilines is 1. The van der Waals surface area contributed by atoms with Gasteiger partial charge in [0.1, 0.15) is 11.3 Å². The predicted octanol–water partition coefficient (Wildman–Crippen LogP) is 3.27. The molecule has 0 aliphatic carbocycles. The van der Waals surface area contributed by atoms with Crippen LogP contribution >= 0.6 is 11.6 Å². The standard InChI is InChI=1S/C18H20ClN5O/c1-2-11-7-8-24(10-14(11)25)15-9-20-17-16(22-23-18(17)21-15)12-5-3-4-6-13(12)19/h3-6,9,11,14,25H,2,7-8,10H2,1H3,(H,21,22,23)/t11-,14-/m1/s1. The minimum absolute atomic E-state index is 0.325. The number of benzene rings is 1. The van der Waals surface area contributed by atoms with Crippen LogP contribution < -0.4 is 4.90 Å². The SMILES string of the molecule is CC[C@@H]1CCN(c2cnc3c(-c4ccccc4Cl)[nH]nc3n2)C[C@H]1O. The Morgan fingerprint density at radius 3 is 2.96 bits per heavy atom. The van der Waals surface area contributed by atoms with Crippen molar-refractivity contribution in [2.45, 2.75) is 25.9 Å². The Hall–Kier alpha value is -2.18. The lowest BCUT2D eigenvalue weighted by atomic mass is 9.92. The van der Waals surface area contributed by atoms with Gasteiger partial charge in [0.25, 0.3) is 0 Å². The van der Waals surface area contributed by atoms with Gasteiger partial charge < -0.3 is 10.0 Å². The predicted molar refractivity (Wildman–Crippen MR) is 98.7 cm³/mol. The van der Waals surface area contributed by atoms with Crippen LogP contribution in [0.3, 0.4) is 0 Å². The van der Waals surface area contributed by atoms with Crippen LogP contribution in [0.15, 0.2) is 30.5 Å². The lowest BCUT2D eigenvalue weighted by Gasteiger charge is -2.36. The highest BCUT2D eigenvalue weighted by molar-refractivity contribution is 6.33. The number of aliphatic hydroxyl groups excluding tert-OH is 1. The smallest absolute Gasteiger partial charge is 0.202 e. The van der Waals surface area contributed by atoms with Crippen molar-refractivity contribution >= 4 is 28.6 Å². The van der Waals surface area contributed by atoms with Crippen molar-refractivity contribution in [2.24, 2.45) is 5.92 Å². The number of β-amino-alcohol motifs (C(OH)–C–C–N with tert-alkyl or cyclic N) is 1. The summed E-state index contributed by atoms with van der Waals surface area (Å²) >= 11 is 6.28. The normalized spacial score (nSPS) is 21.0. The van der Waals surface area contributed by atoms with Gasteiger partial charge >= 0.3 is 0 Å². The number of halogens is 1. The van der Waals surface area contributed by atoms with E-state index in [0.29, 0.717) is 28.6 Å². The second-order valence-electron chi connectivity index (χ2n) is 6.45. The summed E-state index contributed by atoms with van der Waals surface area (Å²) in [6, 6.07) is 7.58. The second kappa shape index (κ2) is 6.61. The Morgan fingerprint density at radius 1 is 1.36 bits per heavy atom. The molecule has 1 aliphatic heterocycles. The van der Waals surface area contributed by atoms with Gasteiger partial charge in [-0.25, -0.2) is 9.97 Å². The topological polar surface area (TPSA) is 77.9 Å². The first kappa shape index (κ1) is 16.3. The zero-order valence-electron chi connectivity index (χ0n) is 14.0. The molecule has 1 saturated heterocycles. The third kappa shape index (κ3) is 2.96. The molecule has 2 aromatic heterocycles. The lowest BCUT2D eigenvalue weighted by Crippen LogP contribution is -2.44. The average Bonchev–Trinajstić information content (AvgIpc) is 3.05. The summed E-state index contributed by atoms with van der Waals surface area (Å²) in [7, 11) is 0. The molecule has 0 spiro atoms. The number of nitrogens with one attached hydrogen (secondary N) is 1. The number of piperidine rings is 1. The number of H-pyrrole nitrogens is 1. The molecule has 25 heavy (non-hydrogen) atoms. The molecule has 1 aliphatic rings. The van der Waals surface area contributed by atoms with Crippen molar-refractivity contribution in [3.63, 3.8) is 0 Å². The molecular formula is C18H20ClN5O. The van der Waals surface area contributed by atoms with Crippen LogP contribution in [0.1, 0.15) is 19.8 Å². The summed E-state index contributed by atoms with van der Waals surface area (Å²) in [6.45, 7) is 3.58. The molecule has 3 aromatic rings. The third-order valence-electron chi connectivity index (χ3n) is 4.96. The van der Waals surface area contributed by atoms with Gasteiger partial charge in [0.2, 0.25) is 5.65 Å². The van der Waals surface area contributed by atoms with Crippen molar-refractivity contribution in [3.05, 3.63) is 35.5 Å². The van der Waals surface area contributed by atoms with E-state index in [0.717, 1.165) is 36.5 Å². The number of aromatic nitrogens is 4. The first-order chi connectivity index (χ1) is 12.2. The van der Waals surface area contributed by atoms with E-state index in [1.54, 1.807) is 6.20 Å². The summed E-state index contributed by atoms with van der Waals surface area (Å²) in [6.07, 6.45) is 3.38. The third-order valence-corrected chi connectivity index (χ3v) is 5.29. The van der Waals surface area contributed by atoms with Crippen LogP contribution in [0.2, 0.25) is 5.02 Å². The number of aromatic amines is 1. The van der Waals surface area contributed by atoms with Crippen LogP contribution in [0.25, 0.3) is 22.4 Å². The van der Waals surface area contributed by atoms with E-state index >= 15 is 0 Å². The van der Waals surface area contributed by atoms with Gasteiger partial charge in [-0.1, -0.05) is 43.1 Å². The van der Waals surface area contributed by atoms with Crippen LogP contribution in [-0.4, -0.2) is 44.5 Å². The molecule has 2 N–H and O–H groups in total. The maximum Gasteiger partial charge on any atom is 0.202 e. The fourth-order valence-corrected chi connectivity index (χ4v) is 3.69. The largest absolute Gasteiger partial charge is 0.391 e. The van der Waals surface area contributed by atoms with Crippen molar-refractivity contribution in [2.75, 3.05) is 18.0 Å². The number of hydrogen-bond acceptors (Lipinski definition) is 5. The minimum atomic E-state index is -0.325. The zero-order chi connectivity index (χ0) is 17.4. The summed E-state index contributed by atoms with van der Waals surface area (Å²) in [5.41, 5.74) is 2.87. The van der Waals surface area contributed by atoms with Crippen molar-refractivity contribution in [1.82, 2.24) is 20.2 Å². The molecule has 1 aromatic carbocycles. The van der Waals surface area contributed by atoms with Crippen LogP contribution in [-0.2, 0) is 0 Å². The molecule has 0 radical (unpaired) electrons. The van der Waals surface area contributed by atoms with E-state index < -0.39 is 0 Å². The first-order valence-electron chi connectivity index (χ1n) is 8.56. The van der Waals surface area contributed by atoms with Crippen molar-refractivity contribution in [3.8, 4) is 11.3 Å². The van der Waals surface area contributed by atoms with Crippen LogP contribution in [0, 0.1) is 5.92 Å². The van der Waals surface area contributed by atoms with E-state index in [2.05, 4.69) is 32.0 Å². The number of fused-ring (bicyclic) bond motifs is 1. The molecular weight excluding hydrogens is 338 g/mol. The first-order valence-corrected chi connectivity index (χ1v) is 8.94. The highest BCUT2D eigenvalue weighted by Gasteiger charge is 2.27. The quantitative estimate of drug-likeness (QED) is 0.752. The van der Waals surface area contributed by atoms with E-state index in [4.69, 9.17) is 11.6 Å². The van der Waals surface area contributed by atoms with Gasteiger partial charge in [-0.3, -0.25) is 5.10 Å². The monoisotopic (exact) mass is 357 g/mol. The van der Waals surface area contributed by atoms with E-state index in [1.807, 2.05) is 24.3 Å². The lowest BCUT2D eigenvalue weighted by molar-refractivity contribution is 0.0906. The van der Waals surface area contributed by atoms with Crippen LogP contribution in [0.5, 0.6) is 0 Å². The second-order valence-corrected chi connectivity index (χ2v) is 6.86. The Bertz CT molecular complexity index is 896. The Labute approximate surface area is 150 Å². The minimum Gasteiger partial charge on any atom is -0.391 e. The fraction of sp³-hybridized carbons (Fsp3) is 0.389. The van der Waals surface area contributed by atoms with Gasteiger partial charge in [-0.2, -0.15) is 5.10 Å². The van der Waals surface area contributed by atoms with Gasteiger partial charge in [-0.15, -0.1) is 0 Å². The summed E-state index contributed by atoms with van der Waals surface area (Å²) < 4.78 is 0. The molecule has 0 unspecified atom stereocenters. The molecule has 0 amide bonds. The summed E-state index contributed by atoms with van der Waals surface area (Å²) in [5, 5.41) is 18.2. The fourth-order valence-electron chi connectivity index (χ4n) is 3.46. The van der Waals surface area contributed by atoms with Gasteiger partial charge in [0.05, 0.1) is 23.0 Å². The molecule has 7 heteroatoms. The van der Waals surface area contributed by atoms with Gasteiger partial charge in [0.15, 0.2) is 0 Å². The Morgan fingerprint density at radius 2 is 2.20 bits per heavy atom. The number of rotatable bonds is 3. The van der Waals surface area contributed by atoms with Crippen molar-refractivity contribution in [1.29, 1.82) is 0 Å². The van der Waals surface area contributed by atoms with E-state index in [-0.39, 0.29) is 6.10 Å². The number of nitrogens with zero attached hydrogens (tertiary/aromatic N) is 4. The van der Waals surface area contributed by atoms with Crippen molar-refractivity contribution < 1.29 is 5.11 Å². The molecule has 3 heterocycles. The molecule has 130 valence electrons.